The smallest absolute Gasteiger partial charge is 0.271 e. The summed E-state index contributed by atoms with van der Waals surface area (Å²) in [7, 11) is 0. The number of carbonyl (C=O) groups excluding carboxylic acids is 1. The van der Waals surface area contributed by atoms with Crippen LogP contribution in [0.5, 0.6) is 0 Å². The molecule has 2 aliphatic heterocycles. The zero-order chi connectivity index (χ0) is 15.1. The van der Waals surface area contributed by atoms with Gasteiger partial charge in [0.1, 0.15) is 0 Å². The first-order valence-electron chi connectivity index (χ1n) is 6.91. The lowest BCUT2D eigenvalue weighted by Crippen LogP contribution is -2.48. The van der Waals surface area contributed by atoms with E-state index in [9.17, 15) is 20.0 Å². The largest absolute Gasteiger partial charge is 0.393 e. The van der Waals surface area contributed by atoms with Crippen LogP contribution in [-0.2, 0) is 0 Å². The van der Waals surface area contributed by atoms with Crippen molar-refractivity contribution in [2.45, 2.75) is 43.9 Å². The summed E-state index contributed by atoms with van der Waals surface area (Å²) >= 11 is 3.21. The van der Waals surface area contributed by atoms with E-state index >= 15 is 0 Å². The maximum Gasteiger partial charge on any atom is 0.271 e. The van der Waals surface area contributed by atoms with Gasteiger partial charge in [0.25, 0.3) is 11.6 Å². The molecule has 0 aromatic heterocycles. The van der Waals surface area contributed by atoms with Crippen LogP contribution < -0.4 is 0 Å². The minimum atomic E-state index is -0.504. The molecule has 1 amide bonds. The molecular formula is C14H15BrN2O4. The fourth-order valence-corrected chi connectivity index (χ4v) is 3.91. The molecule has 21 heavy (non-hydrogen) atoms. The summed E-state index contributed by atoms with van der Waals surface area (Å²) in [4.78, 5) is 24.9. The number of hydrogen-bond donors (Lipinski definition) is 1. The van der Waals surface area contributed by atoms with Gasteiger partial charge in [-0.15, -0.1) is 0 Å². The summed E-state index contributed by atoms with van der Waals surface area (Å²) in [6.45, 7) is 0. The molecule has 2 fully saturated rings. The van der Waals surface area contributed by atoms with E-state index in [1.165, 1.54) is 12.1 Å². The Hall–Kier alpha value is -1.47. The first-order valence-corrected chi connectivity index (χ1v) is 7.70. The van der Waals surface area contributed by atoms with Gasteiger partial charge in [0.2, 0.25) is 0 Å². The molecule has 1 N–H and O–H groups in total. The minimum absolute atomic E-state index is 0.0456. The Balaban J connectivity index is 1.91. The van der Waals surface area contributed by atoms with Crippen LogP contribution in [0, 0.1) is 10.1 Å². The molecule has 0 saturated carbocycles. The van der Waals surface area contributed by atoms with Crippen molar-refractivity contribution in [3.05, 3.63) is 38.3 Å². The van der Waals surface area contributed by atoms with Gasteiger partial charge in [-0.3, -0.25) is 14.9 Å². The molecule has 112 valence electrons. The number of hydrogen-bond acceptors (Lipinski definition) is 4. The van der Waals surface area contributed by atoms with Crippen molar-refractivity contribution >= 4 is 27.5 Å². The number of aliphatic hydroxyl groups is 1. The van der Waals surface area contributed by atoms with E-state index in [1.54, 1.807) is 11.0 Å². The lowest BCUT2D eigenvalue weighted by molar-refractivity contribution is -0.385. The molecule has 2 aliphatic rings. The molecule has 0 radical (unpaired) electrons. The number of aliphatic hydroxyl groups excluding tert-OH is 1. The summed E-state index contributed by atoms with van der Waals surface area (Å²) in [5.74, 6) is -0.182. The van der Waals surface area contributed by atoms with Gasteiger partial charge in [0, 0.05) is 34.3 Å². The summed E-state index contributed by atoms with van der Waals surface area (Å²) in [5.41, 5.74) is 0.224. The Morgan fingerprint density at radius 3 is 2.48 bits per heavy atom. The van der Waals surface area contributed by atoms with E-state index in [0.717, 1.165) is 12.8 Å². The molecule has 0 spiro atoms. The normalized spacial score (nSPS) is 27.7. The van der Waals surface area contributed by atoms with Gasteiger partial charge in [-0.1, -0.05) is 15.9 Å². The highest BCUT2D eigenvalue weighted by atomic mass is 79.9. The summed E-state index contributed by atoms with van der Waals surface area (Å²) in [6.07, 6.45) is 2.63. The lowest BCUT2D eigenvalue weighted by Gasteiger charge is -2.37. The van der Waals surface area contributed by atoms with Crippen LogP contribution in [-0.4, -0.2) is 39.0 Å². The average Bonchev–Trinajstić information content (AvgIpc) is 2.69. The number of fused-ring (bicyclic) bond motifs is 2. The van der Waals surface area contributed by atoms with Crippen molar-refractivity contribution in [1.29, 1.82) is 0 Å². The maximum atomic E-state index is 12.7. The summed E-state index contributed by atoms with van der Waals surface area (Å²) in [5, 5.41) is 20.7. The van der Waals surface area contributed by atoms with Crippen LogP contribution in [0.1, 0.15) is 36.0 Å². The average molecular weight is 355 g/mol. The van der Waals surface area contributed by atoms with Crippen LogP contribution in [0.15, 0.2) is 22.7 Å². The number of piperidine rings is 1. The Labute approximate surface area is 130 Å². The zero-order valence-electron chi connectivity index (χ0n) is 11.2. The van der Waals surface area contributed by atoms with Gasteiger partial charge in [0.05, 0.1) is 11.0 Å². The first-order chi connectivity index (χ1) is 9.95. The number of non-ortho nitro benzene ring substituents is 1. The molecule has 2 saturated heterocycles. The van der Waals surface area contributed by atoms with E-state index < -0.39 is 4.92 Å². The van der Waals surface area contributed by atoms with Gasteiger partial charge in [-0.25, -0.2) is 0 Å². The van der Waals surface area contributed by atoms with Gasteiger partial charge in [0.15, 0.2) is 0 Å². The molecule has 2 unspecified atom stereocenters. The Kier molecular flexibility index (Phi) is 3.71. The second-order valence-electron chi connectivity index (χ2n) is 5.68. The Morgan fingerprint density at radius 2 is 1.90 bits per heavy atom. The number of nitro groups is 1. The van der Waals surface area contributed by atoms with Crippen LogP contribution in [0.3, 0.4) is 0 Å². The van der Waals surface area contributed by atoms with Crippen molar-refractivity contribution < 1.29 is 14.8 Å². The van der Waals surface area contributed by atoms with E-state index in [-0.39, 0.29) is 29.8 Å². The van der Waals surface area contributed by atoms with Crippen LogP contribution in [0.25, 0.3) is 0 Å². The fraction of sp³-hybridized carbons (Fsp3) is 0.500. The van der Waals surface area contributed by atoms with E-state index in [1.807, 2.05) is 0 Å². The molecule has 2 heterocycles. The quantitative estimate of drug-likeness (QED) is 0.653. The third-order valence-corrected chi connectivity index (χ3v) is 4.74. The first kappa shape index (κ1) is 14.5. The molecule has 7 heteroatoms. The van der Waals surface area contributed by atoms with Gasteiger partial charge in [-0.05, 0) is 31.7 Å². The fourth-order valence-electron chi connectivity index (χ4n) is 3.43. The monoisotopic (exact) mass is 354 g/mol. The molecule has 6 nitrogen and oxygen atoms in total. The number of rotatable bonds is 2. The van der Waals surface area contributed by atoms with E-state index in [2.05, 4.69) is 15.9 Å². The predicted octanol–water partition coefficient (Wildman–Crippen LogP) is 2.49. The number of carbonyl (C=O) groups is 1. The molecule has 1 aromatic carbocycles. The number of nitrogens with zero attached hydrogens (tertiary/aromatic N) is 2. The topological polar surface area (TPSA) is 83.7 Å². The second kappa shape index (κ2) is 5.38. The standard InChI is InChI=1S/C14H15BrN2O4/c15-9-3-8(4-12(5-9)17(20)21)14(19)16-10-1-2-11(16)7-13(18)6-10/h3-5,10-11,13,18H,1-2,6-7H2. The number of amides is 1. The van der Waals surface area contributed by atoms with Gasteiger partial charge in [-0.2, -0.15) is 0 Å². The minimum Gasteiger partial charge on any atom is -0.393 e. The Bertz CT molecular complexity index is 593. The third-order valence-electron chi connectivity index (χ3n) is 4.28. The number of benzene rings is 1. The van der Waals surface area contributed by atoms with E-state index in [4.69, 9.17) is 0 Å². The van der Waals surface area contributed by atoms with Crippen LogP contribution in [0.2, 0.25) is 0 Å². The van der Waals surface area contributed by atoms with Gasteiger partial charge < -0.3 is 10.0 Å². The molecule has 0 aliphatic carbocycles. The number of halogens is 1. The Morgan fingerprint density at radius 1 is 1.29 bits per heavy atom. The summed E-state index contributed by atoms with van der Waals surface area (Å²) in [6, 6.07) is 4.40. The molecule has 2 atom stereocenters. The molecule has 3 rings (SSSR count). The van der Waals surface area contributed by atoms with Crippen molar-refractivity contribution in [3.63, 3.8) is 0 Å². The molecular weight excluding hydrogens is 340 g/mol. The lowest BCUT2D eigenvalue weighted by atomic mass is 9.98. The van der Waals surface area contributed by atoms with Crippen molar-refractivity contribution in [2.75, 3.05) is 0 Å². The number of nitro benzene ring substituents is 1. The van der Waals surface area contributed by atoms with Crippen molar-refractivity contribution in [3.8, 4) is 0 Å². The summed E-state index contributed by atoms with van der Waals surface area (Å²) < 4.78 is 0.518. The van der Waals surface area contributed by atoms with Crippen LogP contribution in [0.4, 0.5) is 5.69 Å². The highest BCUT2D eigenvalue weighted by Crippen LogP contribution is 2.37. The van der Waals surface area contributed by atoms with Crippen molar-refractivity contribution in [1.82, 2.24) is 4.90 Å². The SMILES string of the molecule is O=C(c1cc(Br)cc([N+](=O)[O-])c1)N1C2CCC1CC(O)C2. The molecule has 1 aromatic rings. The van der Waals surface area contributed by atoms with Crippen LogP contribution >= 0.6 is 15.9 Å². The second-order valence-corrected chi connectivity index (χ2v) is 6.59. The highest BCUT2D eigenvalue weighted by Gasteiger charge is 2.43. The van der Waals surface area contributed by atoms with E-state index in [0.29, 0.717) is 22.9 Å². The maximum absolute atomic E-state index is 12.7. The third kappa shape index (κ3) is 2.67. The predicted molar refractivity (Wildman–Crippen MR) is 79.0 cm³/mol. The van der Waals surface area contributed by atoms with Crippen molar-refractivity contribution in [2.24, 2.45) is 0 Å². The molecule has 2 bridgehead atoms. The zero-order valence-corrected chi connectivity index (χ0v) is 12.8. The highest BCUT2D eigenvalue weighted by molar-refractivity contribution is 9.10. The van der Waals surface area contributed by atoms with Gasteiger partial charge >= 0.3 is 0 Å².